The Morgan fingerprint density at radius 1 is 1.30 bits per heavy atom. The third kappa shape index (κ3) is 3.38. The predicted molar refractivity (Wildman–Crippen MR) is 107 cm³/mol. The number of carbonyl (C=O) groups is 2. The highest BCUT2D eigenvalue weighted by Gasteiger charge is 2.44. The van der Waals surface area contributed by atoms with E-state index in [1.807, 2.05) is 45.0 Å². The van der Waals surface area contributed by atoms with Crippen molar-refractivity contribution in [1.29, 1.82) is 0 Å². The first-order valence-electron chi connectivity index (χ1n) is 9.71. The van der Waals surface area contributed by atoms with Gasteiger partial charge in [0.2, 0.25) is 0 Å². The minimum atomic E-state index is -0.536. The van der Waals surface area contributed by atoms with E-state index < -0.39 is 11.9 Å². The molecule has 1 aliphatic heterocycles. The zero-order chi connectivity index (χ0) is 19.7. The molecule has 1 aromatic heterocycles. The highest BCUT2D eigenvalue weighted by atomic mass is 16.3. The number of amides is 1. The van der Waals surface area contributed by atoms with Crippen LogP contribution in [-0.4, -0.2) is 33.2 Å². The van der Waals surface area contributed by atoms with Crippen molar-refractivity contribution >= 4 is 22.6 Å². The van der Waals surface area contributed by atoms with Crippen LogP contribution in [0.15, 0.2) is 35.6 Å². The summed E-state index contributed by atoms with van der Waals surface area (Å²) in [5, 5.41) is 11.6. The van der Waals surface area contributed by atoms with Crippen LogP contribution >= 0.6 is 0 Å². The number of Topliss-reactive ketones (excluding diaryl/α,β-unsaturated/α-hetero) is 1. The summed E-state index contributed by atoms with van der Waals surface area (Å²) < 4.78 is 0. The second-order valence-corrected chi connectivity index (χ2v) is 7.75. The van der Waals surface area contributed by atoms with Gasteiger partial charge in [0, 0.05) is 35.1 Å². The molecule has 1 atom stereocenters. The molecular weight excluding hydrogens is 340 g/mol. The molecule has 3 rings (SSSR count). The maximum Gasteiger partial charge on any atom is 0.290 e. The average molecular weight is 368 g/mol. The van der Waals surface area contributed by atoms with Crippen LogP contribution in [0.3, 0.4) is 0 Å². The molecule has 0 saturated carbocycles. The van der Waals surface area contributed by atoms with E-state index in [2.05, 4.69) is 11.9 Å². The lowest BCUT2D eigenvalue weighted by Crippen LogP contribution is -2.32. The summed E-state index contributed by atoms with van der Waals surface area (Å²) in [6.45, 7) is 8.46. The Hall–Kier alpha value is -2.56. The quantitative estimate of drug-likeness (QED) is 0.751. The molecule has 1 unspecified atom stereocenters. The van der Waals surface area contributed by atoms with Gasteiger partial charge in [-0.3, -0.25) is 9.59 Å². The van der Waals surface area contributed by atoms with Gasteiger partial charge in [0.25, 0.3) is 5.91 Å². The van der Waals surface area contributed by atoms with E-state index in [1.54, 1.807) is 4.90 Å². The van der Waals surface area contributed by atoms with E-state index in [0.29, 0.717) is 13.0 Å². The number of para-hydroxylation sites is 1. The smallest absolute Gasteiger partial charge is 0.290 e. The molecule has 5 nitrogen and oxygen atoms in total. The Balaban J connectivity index is 2.17. The second-order valence-electron chi connectivity index (χ2n) is 7.75. The van der Waals surface area contributed by atoms with Gasteiger partial charge in [-0.05, 0) is 25.3 Å². The molecule has 0 radical (unpaired) electrons. The summed E-state index contributed by atoms with van der Waals surface area (Å²) in [5.41, 5.74) is 3.04. The fourth-order valence-corrected chi connectivity index (χ4v) is 3.93. The van der Waals surface area contributed by atoms with Crippen LogP contribution in [-0.2, 0) is 9.59 Å². The van der Waals surface area contributed by atoms with Crippen molar-refractivity contribution in [2.75, 3.05) is 6.54 Å². The topological polar surface area (TPSA) is 73.4 Å². The van der Waals surface area contributed by atoms with Crippen LogP contribution in [0.5, 0.6) is 0 Å². The first kappa shape index (κ1) is 19.2. The molecular formula is C22H28N2O3. The number of aliphatic hydroxyl groups is 1. The molecule has 144 valence electrons. The third-order valence-electron chi connectivity index (χ3n) is 5.17. The van der Waals surface area contributed by atoms with Gasteiger partial charge in [-0.2, -0.15) is 0 Å². The maximum absolute atomic E-state index is 13.0. The normalized spacial score (nSPS) is 17.6. The van der Waals surface area contributed by atoms with Crippen molar-refractivity contribution in [3.63, 3.8) is 0 Å². The van der Waals surface area contributed by atoms with E-state index >= 15 is 0 Å². The van der Waals surface area contributed by atoms with Crippen molar-refractivity contribution in [2.24, 2.45) is 5.92 Å². The Morgan fingerprint density at radius 3 is 2.67 bits per heavy atom. The SMILES string of the molecule is CCCCN1C(=O)C(O)=C(C(=O)CC(C)C)C1c1c(C)[nH]c2ccccc12. The number of nitrogens with one attached hydrogen (secondary N) is 1. The van der Waals surface area contributed by atoms with Gasteiger partial charge < -0.3 is 15.0 Å². The Morgan fingerprint density at radius 2 is 2.00 bits per heavy atom. The van der Waals surface area contributed by atoms with Crippen molar-refractivity contribution < 1.29 is 14.7 Å². The first-order chi connectivity index (χ1) is 12.9. The second kappa shape index (κ2) is 7.59. The number of unbranched alkanes of at least 4 members (excludes halogenated alkanes) is 1. The zero-order valence-electron chi connectivity index (χ0n) is 16.5. The van der Waals surface area contributed by atoms with Crippen LogP contribution in [0.25, 0.3) is 10.9 Å². The Labute approximate surface area is 160 Å². The van der Waals surface area contributed by atoms with Gasteiger partial charge in [0.05, 0.1) is 11.6 Å². The molecule has 27 heavy (non-hydrogen) atoms. The van der Waals surface area contributed by atoms with Crippen molar-refractivity contribution in [1.82, 2.24) is 9.88 Å². The monoisotopic (exact) mass is 368 g/mol. The Bertz CT molecular complexity index is 907. The van der Waals surface area contributed by atoms with Gasteiger partial charge in [0.1, 0.15) is 0 Å². The number of aromatic amines is 1. The number of carbonyl (C=O) groups excluding carboxylic acids is 2. The number of hydrogen-bond acceptors (Lipinski definition) is 3. The van der Waals surface area contributed by atoms with E-state index in [1.165, 1.54) is 0 Å². The lowest BCUT2D eigenvalue weighted by atomic mass is 9.90. The number of hydrogen-bond donors (Lipinski definition) is 2. The van der Waals surface area contributed by atoms with E-state index in [9.17, 15) is 14.7 Å². The van der Waals surface area contributed by atoms with E-state index in [4.69, 9.17) is 0 Å². The fraction of sp³-hybridized carbons (Fsp3) is 0.455. The predicted octanol–water partition coefficient (Wildman–Crippen LogP) is 4.59. The first-order valence-corrected chi connectivity index (χ1v) is 9.71. The van der Waals surface area contributed by atoms with Crippen LogP contribution in [0.4, 0.5) is 0 Å². The van der Waals surface area contributed by atoms with Gasteiger partial charge in [0.15, 0.2) is 11.5 Å². The molecule has 1 aromatic carbocycles. The number of ketones is 1. The number of rotatable bonds is 7. The van der Waals surface area contributed by atoms with Gasteiger partial charge in [-0.1, -0.05) is 45.4 Å². The highest BCUT2D eigenvalue weighted by Crippen LogP contribution is 2.42. The van der Waals surface area contributed by atoms with Gasteiger partial charge in [-0.15, -0.1) is 0 Å². The van der Waals surface area contributed by atoms with Gasteiger partial charge in [-0.25, -0.2) is 0 Å². The summed E-state index contributed by atoms with van der Waals surface area (Å²) in [5.74, 6) is -0.816. The minimum absolute atomic E-state index is 0.149. The fourth-order valence-electron chi connectivity index (χ4n) is 3.93. The van der Waals surface area contributed by atoms with Crippen molar-refractivity contribution in [3.8, 4) is 0 Å². The summed E-state index contributed by atoms with van der Waals surface area (Å²) in [6.07, 6.45) is 2.06. The molecule has 5 heteroatoms. The van der Waals surface area contributed by atoms with Crippen LogP contribution in [0, 0.1) is 12.8 Å². The molecule has 1 aliphatic rings. The molecule has 0 spiro atoms. The number of aliphatic hydroxyl groups excluding tert-OH is 1. The largest absolute Gasteiger partial charge is 0.503 e. The summed E-state index contributed by atoms with van der Waals surface area (Å²) >= 11 is 0. The molecule has 2 N–H and O–H groups in total. The molecule has 0 fully saturated rings. The van der Waals surface area contributed by atoms with Crippen LogP contribution in [0.2, 0.25) is 0 Å². The summed E-state index contributed by atoms with van der Waals surface area (Å²) in [7, 11) is 0. The number of fused-ring (bicyclic) bond motifs is 1. The zero-order valence-corrected chi connectivity index (χ0v) is 16.5. The van der Waals surface area contributed by atoms with Crippen molar-refractivity contribution in [2.45, 2.75) is 53.0 Å². The Kier molecular flexibility index (Phi) is 5.40. The van der Waals surface area contributed by atoms with Crippen LogP contribution in [0.1, 0.15) is 57.3 Å². The van der Waals surface area contributed by atoms with E-state index in [-0.39, 0.29) is 23.0 Å². The number of nitrogens with zero attached hydrogens (tertiary/aromatic N) is 1. The van der Waals surface area contributed by atoms with Gasteiger partial charge >= 0.3 is 0 Å². The lowest BCUT2D eigenvalue weighted by molar-refractivity contribution is -0.129. The molecule has 0 bridgehead atoms. The molecule has 2 aromatic rings. The van der Waals surface area contributed by atoms with Crippen LogP contribution < -0.4 is 0 Å². The summed E-state index contributed by atoms with van der Waals surface area (Å²) in [6, 6.07) is 7.35. The number of H-pyrrole nitrogens is 1. The molecule has 1 amide bonds. The summed E-state index contributed by atoms with van der Waals surface area (Å²) in [4.78, 5) is 30.8. The number of aromatic nitrogens is 1. The maximum atomic E-state index is 13.0. The number of benzene rings is 1. The third-order valence-corrected chi connectivity index (χ3v) is 5.17. The molecule has 0 saturated heterocycles. The molecule has 0 aliphatic carbocycles. The minimum Gasteiger partial charge on any atom is -0.503 e. The van der Waals surface area contributed by atoms with Crippen molar-refractivity contribution in [3.05, 3.63) is 46.9 Å². The molecule has 2 heterocycles. The number of aryl methyl sites for hydroxylation is 1. The standard InChI is InChI=1S/C22H28N2O3/c1-5-6-11-24-20(18-14(4)23-16-10-8-7-9-15(16)18)19(21(26)22(24)27)17(25)12-13(2)3/h7-10,13,20,23,26H,5-6,11-12H2,1-4H3. The highest BCUT2D eigenvalue weighted by molar-refractivity contribution is 6.09. The van der Waals surface area contributed by atoms with E-state index in [0.717, 1.165) is 35.0 Å². The lowest BCUT2D eigenvalue weighted by Gasteiger charge is -2.27. The average Bonchev–Trinajstić information content (AvgIpc) is 3.06.